The fourth-order valence-corrected chi connectivity index (χ4v) is 4.66. The normalized spacial score (nSPS) is 17.7. The van der Waals surface area contributed by atoms with Gasteiger partial charge in [0.2, 0.25) is 11.8 Å². The lowest BCUT2D eigenvalue weighted by Gasteiger charge is -2.34. The second kappa shape index (κ2) is 9.48. The lowest BCUT2D eigenvalue weighted by atomic mass is 10.2. The third-order valence-corrected chi connectivity index (χ3v) is 6.63. The van der Waals surface area contributed by atoms with E-state index >= 15 is 0 Å². The van der Waals surface area contributed by atoms with Crippen LogP contribution in [0.1, 0.15) is 18.7 Å². The van der Waals surface area contributed by atoms with Crippen LogP contribution in [-0.2, 0) is 26.2 Å². The number of sulfonamides is 1. The van der Waals surface area contributed by atoms with Gasteiger partial charge in [0.15, 0.2) is 0 Å². The molecule has 0 unspecified atom stereocenters. The maximum Gasteiger partial charge on any atom is 0.250 e. The maximum absolute atomic E-state index is 12.3. The first-order valence-corrected chi connectivity index (χ1v) is 9.92. The third-order valence-electron chi connectivity index (χ3n) is 3.65. The van der Waals surface area contributed by atoms with Gasteiger partial charge in [-0.25, -0.2) is 13.1 Å². The van der Waals surface area contributed by atoms with Gasteiger partial charge in [-0.05, 0) is 19.1 Å². The molecule has 0 bridgehead atoms. The van der Waals surface area contributed by atoms with Crippen molar-refractivity contribution in [3.05, 3.63) is 17.0 Å². The van der Waals surface area contributed by atoms with Gasteiger partial charge in [0.1, 0.15) is 4.21 Å². The highest BCUT2D eigenvalue weighted by molar-refractivity contribution is 7.91. The Balaban J connectivity index is 0.00000312. The number of amides is 2. The summed E-state index contributed by atoms with van der Waals surface area (Å²) in [5.74, 6) is -0.413. The van der Waals surface area contributed by atoms with Crippen molar-refractivity contribution in [3.63, 3.8) is 0 Å². The molecule has 2 heterocycles. The first-order chi connectivity index (χ1) is 11.3. The van der Waals surface area contributed by atoms with E-state index in [0.717, 1.165) is 16.2 Å². The molecule has 0 radical (unpaired) electrons. The SMILES string of the molecule is CC(=O)NCc1ccc(S(=O)(=O)NCC(=O)N2CCNC[C@@H]2C)s1.Cl. The van der Waals surface area contributed by atoms with Gasteiger partial charge in [-0.2, -0.15) is 0 Å². The Morgan fingerprint density at radius 3 is 2.76 bits per heavy atom. The van der Waals surface area contributed by atoms with Crippen molar-refractivity contribution in [2.45, 2.75) is 30.6 Å². The van der Waals surface area contributed by atoms with E-state index in [1.165, 1.54) is 13.0 Å². The van der Waals surface area contributed by atoms with Gasteiger partial charge in [0.05, 0.1) is 13.1 Å². The molecular formula is C14H23ClN4O4S2. The summed E-state index contributed by atoms with van der Waals surface area (Å²) in [5, 5.41) is 5.79. The average Bonchev–Trinajstić information content (AvgIpc) is 3.01. The van der Waals surface area contributed by atoms with Crippen molar-refractivity contribution in [3.8, 4) is 0 Å². The Morgan fingerprint density at radius 2 is 2.12 bits per heavy atom. The van der Waals surface area contributed by atoms with E-state index in [4.69, 9.17) is 0 Å². The topological polar surface area (TPSA) is 108 Å². The highest BCUT2D eigenvalue weighted by Crippen LogP contribution is 2.21. The monoisotopic (exact) mass is 410 g/mol. The molecule has 142 valence electrons. The first kappa shape index (κ1) is 21.8. The number of piperazine rings is 1. The van der Waals surface area contributed by atoms with Crippen LogP contribution < -0.4 is 15.4 Å². The van der Waals surface area contributed by atoms with E-state index in [0.29, 0.717) is 19.6 Å². The predicted octanol–water partition coefficient (Wildman–Crippen LogP) is -0.0954. The zero-order chi connectivity index (χ0) is 17.7. The summed E-state index contributed by atoms with van der Waals surface area (Å²) in [6.45, 7) is 5.33. The van der Waals surface area contributed by atoms with E-state index in [-0.39, 0.29) is 47.6 Å². The van der Waals surface area contributed by atoms with Gasteiger partial charge in [-0.3, -0.25) is 9.59 Å². The smallest absolute Gasteiger partial charge is 0.250 e. The molecule has 11 heteroatoms. The zero-order valence-electron chi connectivity index (χ0n) is 14.1. The molecule has 1 fully saturated rings. The number of thiophene rings is 1. The highest BCUT2D eigenvalue weighted by atomic mass is 35.5. The highest BCUT2D eigenvalue weighted by Gasteiger charge is 2.25. The van der Waals surface area contributed by atoms with Gasteiger partial charge in [0, 0.05) is 37.5 Å². The van der Waals surface area contributed by atoms with Crippen LogP contribution in [0.15, 0.2) is 16.3 Å². The Kier molecular flexibility index (Phi) is 8.29. The second-order valence-corrected chi connectivity index (χ2v) is 8.76. The summed E-state index contributed by atoms with van der Waals surface area (Å²) >= 11 is 1.07. The second-order valence-electron chi connectivity index (χ2n) is 5.60. The molecule has 0 spiro atoms. The molecular weight excluding hydrogens is 388 g/mol. The van der Waals surface area contributed by atoms with Crippen molar-refractivity contribution < 1.29 is 18.0 Å². The molecule has 1 aromatic heterocycles. The van der Waals surface area contributed by atoms with Crippen LogP contribution >= 0.6 is 23.7 Å². The molecule has 0 aliphatic carbocycles. The largest absolute Gasteiger partial charge is 0.351 e. The molecule has 25 heavy (non-hydrogen) atoms. The van der Waals surface area contributed by atoms with Gasteiger partial charge in [-0.15, -0.1) is 23.7 Å². The van der Waals surface area contributed by atoms with E-state index in [1.807, 2.05) is 6.92 Å². The Hall–Kier alpha value is -1.20. The van der Waals surface area contributed by atoms with E-state index in [9.17, 15) is 18.0 Å². The van der Waals surface area contributed by atoms with Crippen LogP contribution in [-0.4, -0.2) is 57.4 Å². The lowest BCUT2D eigenvalue weighted by molar-refractivity contribution is -0.132. The molecule has 1 aromatic rings. The Morgan fingerprint density at radius 1 is 1.40 bits per heavy atom. The maximum atomic E-state index is 12.3. The molecule has 3 N–H and O–H groups in total. The van der Waals surface area contributed by atoms with Crippen molar-refractivity contribution in [2.75, 3.05) is 26.2 Å². The van der Waals surface area contributed by atoms with Crippen LogP contribution in [0.25, 0.3) is 0 Å². The molecule has 2 amide bonds. The molecule has 1 aliphatic rings. The molecule has 1 saturated heterocycles. The summed E-state index contributed by atoms with van der Waals surface area (Å²) in [6.07, 6.45) is 0. The molecule has 1 atom stereocenters. The summed E-state index contributed by atoms with van der Waals surface area (Å²) in [4.78, 5) is 25.5. The number of rotatable bonds is 6. The van der Waals surface area contributed by atoms with Crippen molar-refractivity contribution in [1.29, 1.82) is 0 Å². The van der Waals surface area contributed by atoms with Crippen molar-refractivity contribution in [1.82, 2.24) is 20.3 Å². The van der Waals surface area contributed by atoms with Crippen LogP contribution in [0.4, 0.5) is 0 Å². The number of halogens is 1. The summed E-state index contributed by atoms with van der Waals surface area (Å²) in [6, 6.07) is 3.17. The van der Waals surface area contributed by atoms with E-state index < -0.39 is 10.0 Å². The summed E-state index contributed by atoms with van der Waals surface area (Å²) < 4.78 is 27.0. The number of hydrogen-bond donors (Lipinski definition) is 3. The quantitative estimate of drug-likeness (QED) is 0.607. The van der Waals surface area contributed by atoms with Crippen LogP contribution in [0, 0.1) is 0 Å². The van der Waals surface area contributed by atoms with E-state index in [2.05, 4.69) is 15.4 Å². The van der Waals surface area contributed by atoms with E-state index in [1.54, 1.807) is 11.0 Å². The molecule has 8 nitrogen and oxygen atoms in total. The van der Waals surface area contributed by atoms with Crippen molar-refractivity contribution >= 4 is 45.6 Å². The van der Waals surface area contributed by atoms with Crippen LogP contribution in [0.2, 0.25) is 0 Å². The Bertz CT molecular complexity index is 707. The number of hydrogen-bond acceptors (Lipinski definition) is 6. The van der Waals surface area contributed by atoms with Crippen molar-refractivity contribution in [2.24, 2.45) is 0 Å². The van der Waals surface area contributed by atoms with Crippen LogP contribution in [0.3, 0.4) is 0 Å². The zero-order valence-corrected chi connectivity index (χ0v) is 16.5. The fraction of sp³-hybridized carbons (Fsp3) is 0.571. The number of carbonyl (C=O) groups is 2. The standard InChI is InChI=1S/C14H22N4O4S2.ClH/c1-10-7-15-5-6-18(10)13(20)9-17-24(21,22)14-4-3-12(23-14)8-16-11(2)19;/h3-4,10,15,17H,5-9H2,1-2H3,(H,16,19);1H/t10-;/m0./s1. The first-order valence-electron chi connectivity index (χ1n) is 7.62. The Labute approximate surface area is 157 Å². The molecule has 2 rings (SSSR count). The summed E-state index contributed by atoms with van der Waals surface area (Å²) in [5.41, 5.74) is 0. The minimum Gasteiger partial charge on any atom is -0.351 e. The molecule has 0 aromatic carbocycles. The molecule has 0 saturated carbocycles. The number of nitrogens with one attached hydrogen (secondary N) is 3. The van der Waals surface area contributed by atoms with Gasteiger partial charge < -0.3 is 15.5 Å². The number of nitrogens with zero attached hydrogens (tertiary/aromatic N) is 1. The van der Waals surface area contributed by atoms with Gasteiger partial charge in [0.25, 0.3) is 10.0 Å². The van der Waals surface area contributed by atoms with Gasteiger partial charge in [-0.1, -0.05) is 0 Å². The third kappa shape index (κ3) is 6.23. The summed E-state index contributed by atoms with van der Waals surface area (Å²) in [7, 11) is -3.74. The van der Waals surface area contributed by atoms with Crippen LogP contribution in [0.5, 0.6) is 0 Å². The molecule has 1 aliphatic heterocycles. The minimum atomic E-state index is -3.74. The van der Waals surface area contributed by atoms with Gasteiger partial charge >= 0.3 is 0 Å². The number of carbonyl (C=O) groups excluding carboxylic acids is 2. The fourth-order valence-electron chi connectivity index (χ4n) is 2.35. The average molecular weight is 411 g/mol. The predicted molar refractivity (Wildman–Crippen MR) is 98.3 cm³/mol. The lowest BCUT2D eigenvalue weighted by Crippen LogP contribution is -2.54. The minimum absolute atomic E-state index is 0.